The molecule has 1 heterocycles. The van der Waals surface area contributed by atoms with E-state index >= 15 is 0 Å². The van der Waals surface area contributed by atoms with E-state index in [-0.39, 0.29) is 0 Å². The molecule has 0 bridgehead atoms. The van der Waals surface area contributed by atoms with Gasteiger partial charge >= 0.3 is 0 Å². The van der Waals surface area contributed by atoms with Gasteiger partial charge in [0.2, 0.25) is 0 Å². The van der Waals surface area contributed by atoms with Crippen LogP contribution in [0.15, 0.2) is 47.8 Å². The molecule has 0 unspecified atom stereocenters. The fourth-order valence-electron chi connectivity index (χ4n) is 2.57. The lowest BCUT2D eigenvalue weighted by molar-refractivity contribution is 0.355. The van der Waals surface area contributed by atoms with Gasteiger partial charge in [0.25, 0.3) is 0 Å². The summed E-state index contributed by atoms with van der Waals surface area (Å²) in [4.78, 5) is 4.64. The molecule has 0 saturated heterocycles. The maximum Gasteiger partial charge on any atom is 0.161 e. The van der Waals surface area contributed by atoms with Crippen molar-refractivity contribution in [3.05, 3.63) is 64.0 Å². The standard InChI is InChI=1S/C21H18N2O2S/c1-14-6-4-5-7-15(14)10-17(12-22)21-23-18(13-26-21)16-8-9-19(24-2)20(11-16)25-3/h4-11,13H,1-3H3. The number of thiazole rings is 1. The molecule has 0 saturated carbocycles. The van der Waals surface area contributed by atoms with Gasteiger partial charge in [0.05, 0.1) is 25.5 Å². The van der Waals surface area contributed by atoms with Crippen molar-refractivity contribution in [2.24, 2.45) is 0 Å². The van der Waals surface area contributed by atoms with E-state index in [4.69, 9.17) is 9.47 Å². The third-order valence-corrected chi connectivity index (χ3v) is 4.90. The Morgan fingerprint density at radius 2 is 1.88 bits per heavy atom. The minimum atomic E-state index is 0.552. The number of aromatic nitrogens is 1. The van der Waals surface area contributed by atoms with Crippen molar-refractivity contribution in [1.82, 2.24) is 4.98 Å². The monoisotopic (exact) mass is 362 g/mol. The molecule has 5 heteroatoms. The van der Waals surface area contributed by atoms with Gasteiger partial charge in [-0.2, -0.15) is 5.26 Å². The number of benzene rings is 2. The van der Waals surface area contributed by atoms with Crippen LogP contribution in [0.25, 0.3) is 22.9 Å². The summed E-state index contributed by atoms with van der Waals surface area (Å²) >= 11 is 1.45. The van der Waals surface area contributed by atoms with Crippen molar-refractivity contribution < 1.29 is 9.47 Å². The van der Waals surface area contributed by atoms with E-state index in [1.165, 1.54) is 11.3 Å². The number of ether oxygens (including phenoxy) is 2. The minimum Gasteiger partial charge on any atom is -0.493 e. The number of allylic oxidation sites excluding steroid dienone is 1. The second-order valence-corrected chi connectivity index (χ2v) is 6.49. The maximum atomic E-state index is 9.57. The van der Waals surface area contributed by atoms with E-state index in [2.05, 4.69) is 11.1 Å². The number of nitrogens with zero attached hydrogens (tertiary/aromatic N) is 2. The number of rotatable bonds is 5. The summed E-state index contributed by atoms with van der Waals surface area (Å²) in [5.41, 5.74) is 4.41. The molecule has 3 rings (SSSR count). The lowest BCUT2D eigenvalue weighted by Gasteiger charge is -2.08. The quantitative estimate of drug-likeness (QED) is 0.585. The van der Waals surface area contributed by atoms with E-state index < -0.39 is 0 Å². The Bertz CT molecular complexity index is 999. The topological polar surface area (TPSA) is 55.1 Å². The summed E-state index contributed by atoms with van der Waals surface area (Å²) in [5, 5.41) is 12.2. The fraction of sp³-hybridized carbons (Fsp3) is 0.143. The van der Waals surface area contributed by atoms with E-state index in [1.807, 2.05) is 60.8 Å². The van der Waals surface area contributed by atoms with E-state index in [0.29, 0.717) is 22.1 Å². The SMILES string of the molecule is COc1ccc(-c2csc(C(C#N)=Cc3ccccc3C)n2)cc1OC. The van der Waals surface area contributed by atoms with Crippen molar-refractivity contribution in [3.8, 4) is 28.8 Å². The van der Waals surface area contributed by atoms with Gasteiger partial charge in [-0.1, -0.05) is 24.3 Å². The lowest BCUT2D eigenvalue weighted by Crippen LogP contribution is -1.91. The van der Waals surface area contributed by atoms with Gasteiger partial charge in [-0.05, 0) is 42.3 Å². The van der Waals surface area contributed by atoms with Gasteiger partial charge < -0.3 is 9.47 Å². The van der Waals surface area contributed by atoms with Crippen LogP contribution in [-0.4, -0.2) is 19.2 Å². The number of aryl methyl sites for hydroxylation is 1. The molecule has 4 nitrogen and oxygen atoms in total. The van der Waals surface area contributed by atoms with Crippen LogP contribution >= 0.6 is 11.3 Å². The Balaban J connectivity index is 1.97. The Morgan fingerprint density at radius 3 is 2.58 bits per heavy atom. The first-order valence-electron chi connectivity index (χ1n) is 8.02. The first-order valence-corrected chi connectivity index (χ1v) is 8.90. The van der Waals surface area contributed by atoms with E-state index in [0.717, 1.165) is 22.4 Å². The van der Waals surface area contributed by atoms with Crippen molar-refractivity contribution in [2.45, 2.75) is 6.92 Å². The Morgan fingerprint density at radius 1 is 1.12 bits per heavy atom. The Labute approximate surface area is 157 Å². The molecule has 0 aliphatic carbocycles. The lowest BCUT2D eigenvalue weighted by atomic mass is 10.1. The smallest absolute Gasteiger partial charge is 0.161 e. The first-order chi connectivity index (χ1) is 12.7. The third-order valence-electron chi connectivity index (χ3n) is 4.02. The fourth-order valence-corrected chi connectivity index (χ4v) is 3.37. The summed E-state index contributed by atoms with van der Waals surface area (Å²) < 4.78 is 10.6. The van der Waals surface area contributed by atoms with Crippen LogP contribution in [0.4, 0.5) is 0 Å². The first kappa shape index (κ1) is 17.7. The molecule has 0 fully saturated rings. The number of methoxy groups -OCH3 is 2. The normalized spacial score (nSPS) is 11.1. The van der Waals surface area contributed by atoms with Gasteiger partial charge in [0.1, 0.15) is 11.1 Å². The molecule has 0 amide bonds. The van der Waals surface area contributed by atoms with Crippen LogP contribution in [0.1, 0.15) is 16.1 Å². The maximum absolute atomic E-state index is 9.57. The molecular formula is C21H18N2O2S. The molecule has 0 radical (unpaired) electrons. The van der Waals surface area contributed by atoms with Crippen LogP contribution < -0.4 is 9.47 Å². The van der Waals surface area contributed by atoms with Gasteiger partial charge in [-0.3, -0.25) is 0 Å². The molecule has 0 N–H and O–H groups in total. The second kappa shape index (κ2) is 7.85. The summed E-state index contributed by atoms with van der Waals surface area (Å²) in [5.74, 6) is 1.32. The molecule has 2 aromatic carbocycles. The number of hydrogen-bond donors (Lipinski definition) is 0. The predicted molar refractivity (Wildman–Crippen MR) is 105 cm³/mol. The molecule has 0 aliphatic rings. The molecule has 130 valence electrons. The highest BCUT2D eigenvalue weighted by Gasteiger charge is 2.12. The Kier molecular flexibility index (Phi) is 5.35. The van der Waals surface area contributed by atoms with Crippen LogP contribution in [0, 0.1) is 18.3 Å². The van der Waals surface area contributed by atoms with Gasteiger partial charge in [-0.25, -0.2) is 4.98 Å². The van der Waals surface area contributed by atoms with Crippen molar-refractivity contribution in [2.75, 3.05) is 14.2 Å². The zero-order valence-electron chi connectivity index (χ0n) is 14.8. The summed E-state index contributed by atoms with van der Waals surface area (Å²) in [7, 11) is 3.21. The zero-order chi connectivity index (χ0) is 18.5. The van der Waals surface area contributed by atoms with Gasteiger partial charge in [-0.15, -0.1) is 11.3 Å². The predicted octanol–water partition coefficient (Wildman–Crippen LogP) is 5.20. The minimum absolute atomic E-state index is 0.552. The van der Waals surface area contributed by atoms with Crippen molar-refractivity contribution >= 4 is 23.0 Å². The van der Waals surface area contributed by atoms with E-state index in [9.17, 15) is 5.26 Å². The molecule has 1 aromatic heterocycles. The molecule has 0 atom stereocenters. The largest absolute Gasteiger partial charge is 0.493 e. The third kappa shape index (κ3) is 3.61. The van der Waals surface area contributed by atoms with Gasteiger partial charge in [0.15, 0.2) is 11.5 Å². The molecule has 26 heavy (non-hydrogen) atoms. The van der Waals surface area contributed by atoms with E-state index in [1.54, 1.807) is 14.2 Å². The number of hydrogen-bond acceptors (Lipinski definition) is 5. The molecular weight excluding hydrogens is 344 g/mol. The average molecular weight is 362 g/mol. The van der Waals surface area contributed by atoms with Crippen molar-refractivity contribution in [1.29, 1.82) is 5.26 Å². The van der Waals surface area contributed by atoms with Crippen molar-refractivity contribution in [3.63, 3.8) is 0 Å². The summed E-state index contributed by atoms with van der Waals surface area (Å²) in [6.07, 6.45) is 1.88. The Hall–Kier alpha value is -3.10. The van der Waals surface area contributed by atoms with Crippen LogP contribution in [0.2, 0.25) is 0 Å². The highest BCUT2D eigenvalue weighted by molar-refractivity contribution is 7.11. The summed E-state index contributed by atoms with van der Waals surface area (Å²) in [6, 6.07) is 15.9. The highest BCUT2D eigenvalue weighted by Crippen LogP contribution is 2.34. The molecule has 3 aromatic rings. The highest BCUT2D eigenvalue weighted by atomic mass is 32.1. The zero-order valence-corrected chi connectivity index (χ0v) is 15.6. The number of nitriles is 1. The molecule has 0 spiro atoms. The van der Waals surface area contributed by atoms with Crippen LogP contribution in [-0.2, 0) is 0 Å². The van der Waals surface area contributed by atoms with Crippen LogP contribution in [0.5, 0.6) is 11.5 Å². The second-order valence-electron chi connectivity index (χ2n) is 5.63. The molecule has 0 aliphatic heterocycles. The summed E-state index contributed by atoms with van der Waals surface area (Å²) in [6.45, 7) is 2.03. The van der Waals surface area contributed by atoms with Gasteiger partial charge in [0, 0.05) is 10.9 Å². The average Bonchev–Trinajstić information content (AvgIpc) is 3.16. The van der Waals surface area contributed by atoms with Crippen LogP contribution in [0.3, 0.4) is 0 Å².